The van der Waals surface area contributed by atoms with Gasteiger partial charge in [0.1, 0.15) is 5.82 Å². The number of aromatic nitrogens is 3. The van der Waals surface area contributed by atoms with Crippen molar-refractivity contribution in [2.75, 3.05) is 25.1 Å². The maximum atomic E-state index is 12.6. The highest BCUT2D eigenvalue weighted by Crippen LogP contribution is 2.24. The highest BCUT2D eigenvalue weighted by molar-refractivity contribution is 7.98. The number of methoxy groups -OCH3 is 1. The van der Waals surface area contributed by atoms with Gasteiger partial charge in [0.15, 0.2) is 5.16 Å². The van der Waals surface area contributed by atoms with Crippen molar-refractivity contribution in [3.63, 3.8) is 0 Å². The summed E-state index contributed by atoms with van der Waals surface area (Å²) in [6.45, 7) is 6.88. The van der Waals surface area contributed by atoms with Crippen LogP contribution in [-0.4, -0.2) is 41.1 Å². The van der Waals surface area contributed by atoms with Crippen LogP contribution in [0, 0.1) is 0 Å². The van der Waals surface area contributed by atoms with Crippen LogP contribution in [0.2, 0.25) is 0 Å². The smallest absolute Gasteiger partial charge is 0.251 e. The van der Waals surface area contributed by atoms with Gasteiger partial charge in [-0.2, -0.15) is 0 Å². The zero-order valence-electron chi connectivity index (χ0n) is 18.7. The summed E-state index contributed by atoms with van der Waals surface area (Å²) < 4.78 is 5.28. The quantitative estimate of drug-likeness (QED) is 0.347. The number of carbonyl (C=O) groups is 1. The third-order valence-electron chi connectivity index (χ3n) is 4.88. The van der Waals surface area contributed by atoms with E-state index in [0.717, 1.165) is 35.7 Å². The van der Waals surface area contributed by atoms with Gasteiger partial charge in [-0.25, -0.2) is 9.97 Å². The van der Waals surface area contributed by atoms with E-state index < -0.39 is 0 Å². The molecule has 2 aromatic heterocycles. The molecule has 0 spiro atoms. The summed E-state index contributed by atoms with van der Waals surface area (Å²) in [5.41, 5.74) is 3.54. The molecule has 0 atom stereocenters. The Morgan fingerprint density at radius 3 is 2.56 bits per heavy atom. The zero-order valence-corrected chi connectivity index (χ0v) is 19.6. The van der Waals surface area contributed by atoms with Crippen LogP contribution in [-0.2, 0) is 23.6 Å². The Balaban J connectivity index is 1.67. The first-order valence-corrected chi connectivity index (χ1v) is 11.6. The number of ether oxygens (including phenoxy) is 1. The normalized spacial score (nSPS) is 10.7. The average molecular weight is 452 g/mol. The van der Waals surface area contributed by atoms with Gasteiger partial charge < -0.3 is 15.0 Å². The van der Waals surface area contributed by atoms with Crippen LogP contribution in [0.4, 0.5) is 5.82 Å². The van der Waals surface area contributed by atoms with Crippen molar-refractivity contribution in [2.24, 2.45) is 0 Å². The van der Waals surface area contributed by atoms with E-state index in [4.69, 9.17) is 9.72 Å². The zero-order chi connectivity index (χ0) is 22.8. The minimum absolute atomic E-state index is 0.101. The number of hydrogen-bond donors (Lipinski definition) is 1. The summed E-state index contributed by atoms with van der Waals surface area (Å²) in [4.78, 5) is 28.1. The lowest BCUT2D eigenvalue weighted by atomic mass is 10.1. The second kappa shape index (κ2) is 12.2. The Kier molecular flexibility index (Phi) is 9.01. The first-order chi connectivity index (χ1) is 15.6. The summed E-state index contributed by atoms with van der Waals surface area (Å²) in [5, 5.41) is 3.66. The van der Waals surface area contributed by atoms with Gasteiger partial charge in [0.25, 0.3) is 5.91 Å². The maximum Gasteiger partial charge on any atom is 0.251 e. The number of thioether (sulfide) groups is 1. The molecule has 0 unspecified atom stereocenters. The van der Waals surface area contributed by atoms with Crippen LogP contribution < -0.4 is 10.2 Å². The average Bonchev–Trinajstić information content (AvgIpc) is 2.83. The van der Waals surface area contributed by atoms with E-state index in [1.165, 1.54) is 0 Å². The molecule has 0 aliphatic carbocycles. The van der Waals surface area contributed by atoms with E-state index >= 15 is 0 Å². The number of pyridine rings is 1. The van der Waals surface area contributed by atoms with Crippen LogP contribution in [0.5, 0.6) is 0 Å². The highest BCUT2D eigenvalue weighted by Gasteiger charge is 2.11. The Bertz CT molecular complexity index is 1010. The van der Waals surface area contributed by atoms with Crippen molar-refractivity contribution in [3.05, 3.63) is 77.2 Å². The molecule has 0 bridgehead atoms. The Morgan fingerprint density at radius 1 is 1.06 bits per heavy atom. The number of nitrogens with one attached hydrogen (secondary N) is 1. The van der Waals surface area contributed by atoms with Gasteiger partial charge in [0, 0.05) is 56.5 Å². The molecule has 0 fully saturated rings. The molecular weight excluding hydrogens is 422 g/mol. The predicted octanol–water partition coefficient (Wildman–Crippen LogP) is 4.09. The first-order valence-electron chi connectivity index (χ1n) is 10.6. The van der Waals surface area contributed by atoms with Gasteiger partial charge in [0.05, 0.1) is 12.3 Å². The molecule has 0 saturated heterocycles. The molecule has 8 heteroatoms. The summed E-state index contributed by atoms with van der Waals surface area (Å²) in [6.07, 6.45) is 3.43. The second-order valence-corrected chi connectivity index (χ2v) is 8.08. The van der Waals surface area contributed by atoms with Crippen molar-refractivity contribution >= 4 is 23.5 Å². The SMILES string of the molecule is CCN(CC)c1cc(COC)nc(SCc2cccc(C(=O)NCc3ccncc3)c2)n1. The van der Waals surface area contributed by atoms with Crippen molar-refractivity contribution in [3.8, 4) is 0 Å². The van der Waals surface area contributed by atoms with Gasteiger partial charge in [-0.1, -0.05) is 23.9 Å². The second-order valence-electron chi connectivity index (χ2n) is 7.13. The van der Waals surface area contributed by atoms with Crippen molar-refractivity contribution in [2.45, 2.75) is 37.9 Å². The molecule has 2 heterocycles. The first kappa shape index (κ1) is 23.7. The minimum Gasteiger partial charge on any atom is -0.378 e. The number of rotatable bonds is 11. The van der Waals surface area contributed by atoms with E-state index in [1.807, 2.05) is 42.5 Å². The molecule has 3 rings (SSSR count). The lowest BCUT2D eigenvalue weighted by molar-refractivity contribution is 0.0951. The van der Waals surface area contributed by atoms with Crippen LogP contribution >= 0.6 is 11.8 Å². The van der Waals surface area contributed by atoms with Crippen LogP contribution in [0.1, 0.15) is 41.0 Å². The topological polar surface area (TPSA) is 80.2 Å². The molecule has 1 amide bonds. The molecule has 1 aromatic carbocycles. The molecule has 0 aliphatic heterocycles. The number of carbonyl (C=O) groups excluding carboxylic acids is 1. The highest BCUT2D eigenvalue weighted by atomic mass is 32.2. The molecule has 0 saturated carbocycles. The number of hydrogen-bond acceptors (Lipinski definition) is 7. The number of benzene rings is 1. The maximum absolute atomic E-state index is 12.6. The Hall–Kier alpha value is -2.97. The molecule has 3 aromatic rings. The van der Waals surface area contributed by atoms with Crippen molar-refractivity contribution < 1.29 is 9.53 Å². The van der Waals surface area contributed by atoms with Crippen LogP contribution in [0.25, 0.3) is 0 Å². The fourth-order valence-corrected chi connectivity index (χ4v) is 4.01. The van der Waals surface area contributed by atoms with Crippen molar-refractivity contribution in [1.29, 1.82) is 0 Å². The standard InChI is InChI=1S/C24H29N5O2S/c1-4-29(5-2)22-14-21(16-31-3)27-24(28-22)32-17-19-7-6-8-20(13-19)23(30)26-15-18-9-11-25-12-10-18/h6-14H,4-5,15-17H2,1-3H3,(H,26,30). The summed E-state index contributed by atoms with van der Waals surface area (Å²) in [7, 11) is 1.66. The van der Waals surface area contributed by atoms with E-state index in [0.29, 0.717) is 29.6 Å². The molecule has 0 radical (unpaired) electrons. The van der Waals surface area contributed by atoms with Gasteiger partial charge in [-0.05, 0) is 49.2 Å². The van der Waals surface area contributed by atoms with Gasteiger partial charge >= 0.3 is 0 Å². The fourth-order valence-electron chi connectivity index (χ4n) is 3.19. The van der Waals surface area contributed by atoms with Gasteiger partial charge in [-0.3, -0.25) is 9.78 Å². The monoisotopic (exact) mass is 451 g/mol. The molecule has 1 N–H and O–H groups in total. The Labute approximate surface area is 193 Å². The van der Waals surface area contributed by atoms with E-state index in [2.05, 4.69) is 34.0 Å². The van der Waals surface area contributed by atoms with Crippen LogP contribution in [0.15, 0.2) is 60.0 Å². The molecular formula is C24H29N5O2S. The summed E-state index contributed by atoms with van der Waals surface area (Å²) in [6, 6.07) is 13.4. The fraction of sp³-hybridized carbons (Fsp3) is 0.333. The van der Waals surface area contributed by atoms with Gasteiger partial charge in [0.2, 0.25) is 0 Å². The third-order valence-corrected chi connectivity index (χ3v) is 5.80. The molecule has 0 aliphatic rings. The summed E-state index contributed by atoms with van der Waals surface area (Å²) >= 11 is 1.55. The predicted molar refractivity (Wildman–Crippen MR) is 128 cm³/mol. The van der Waals surface area contributed by atoms with E-state index in [1.54, 1.807) is 31.3 Å². The van der Waals surface area contributed by atoms with E-state index in [9.17, 15) is 4.79 Å². The van der Waals surface area contributed by atoms with Gasteiger partial charge in [-0.15, -0.1) is 0 Å². The van der Waals surface area contributed by atoms with Crippen molar-refractivity contribution in [1.82, 2.24) is 20.3 Å². The number of nitrogens with zero attached hydrogens (tertiary/aromatic N) is 4. The number of amides is 1. The third kappa shape index (κ3) is 6.77. The summed E-state index contributed by atoms with van der Waals surface area (Å²) in [5.74, 6) is 1.47. The molecule has 7 nitrogen and oxygen atoms in total. The lowest BCUT2D eigenvalue weighted by Crippen LogP contribution is -2.23. The molecule has 168 valence electrons. The minimum atomic E-state index is -0.101. The number of anilines is 1. The largest absolute Gasteiger partial charge is 0.378 e. The molecule has 32 heavy (non-hydrogen) atoms. The van der Waals surface area contributed by atoms with E-state index in [-0.39, 0.29) is 5.91 Å². The van der Waals surface area contributed by atoms with Crippen LogP contribution in [0.3, 0.4) is 0 Å². The lowest BCUT2D eigenvalue weighted by Gasteiger charge is -2.20. The Morgan fingerprint density at radius 2 is 1.84 bits per heavy atom.